The van der Waals surface area contributed by atoms with Gasteiger partial charge < -0.3 is 29.8 Å². The van der Waals surface area contributed by atoms with Gasteiger partial charge in [-0.15, -0.1) is 22.7 Å². The van der Waals surface area contributed by atoms with Crippen molar-refractivity contribution in [3.8, 4) is 0 Å². The maximum absolute atomic E-state index is 13.2. The second-order valence-electron chi connectivity index (χ2n) is 11.1. The van der Waals surface area contributed by atoms with Gasteiger partial charge in [0.05, 0.1) is 18.7 Å². The van der Waals surface area contributed by atoms with E-state index in [1.807, 2.05) is 13.8 Å². The fourth-order valence-electron chi connectivity index (χ4n) is 3.73. The smallest absolute Gasteiger partial charge is 0.408 e. The summed E-state index contributed by atoms with van der Waals surface area (Å²) >= 11 is 2.48. The topological polar surface area (TPSA) is 175 Å². The van der Waals surface area contributed by atoms with Crippen molar-refractivity contribution < 1.29 is 33.1 Å². The van der Waals surface area contributed by atoms with Gasteiger partial charge in [0.25, 0.3) is 11.8 Å². The molecule has 3 N–H and O–H groups in total. The van der Waals surface area contributed by atoms with Gasteiger partial charge in [-0.1, -0.05) is 13.8 Å². The third-order valence-electron chi connectivity index (χ3n) is 5.83. The first-order valence-electron chi connectivity index (χ1n) is 13.8. The number of rotatable bonds is 11. The summed E-state index contributed by atoms with van der Waals surface area (Å²) < 4.78 is 16.0. The number of thiazole rings is 2. The van der Waals surface area contributed by atoms with E-state index in [1.165, 1.54) is 22.7 Å². The summed E-state index contributed by atoms with van der Waals surface area (Å²) in [5.41, 5.74) is -0.218. The third-order valence-corrected chi connectivity index (χ3v) is 7.79. The molecule has 0 fully saturated rings. The molecule has 3 atom stereocenters. The Labute approximate surface area is 258 Å². The molecule has 0 bridgehead atoms. The number of aromatic nitrogens is 3. The van der Waals surface area contributed by atoms with Crippen LogP contribution in [0.2, 0.25) is 0 Å². The standard InChI is InChI=1S/C28H38N6O7S2/c1-10-39-26(37)18-12-43-25(32-18)19(13(2)3)33-22(36)20-16(6)40-23(34-20)14(4)29-21(35)17-11-42-24(31-17)15(5)30-27(38)41-28(7,8)9/h11-15,19H,10H2,1-9H3,(H,29,35)(H,30,38)(H,33,36)/t14-,15-,19-/m1/s1. The molecule has 0 spiro atoms. The van der Waals surface area contributed by atoms with Crippen molar-refractivity contribution in [1.82, 2.24) is 30.9 Å². The Morgan fingerprint density at radius 2 is 1.51 bits per heavy atom. The maximum Gasteiger partial charge on any atom is 0.408 e. The molecule has 0 unspecified atom stereocenters. The molecule has 3 aromatic rings. The van der Waals surface area contributed by atoms with E-state index in [9.17, 15) is 19.2 Å². The number of amides is 3. The average molecular weight is 635 g/mol. The molecule has 3 aromatic heterocycles. The summed E-state index contributed by atoms with van der Waals surface area (Å²) in [5, 5.41) is 12.7. The van der Waals surface area contributed by atoms with Crippen LogP contribution in [0.4, 0.5) is 4.79 Å². The molecule has 43 heavy (non-hydrogen) atoms. The van der Waals surface area contributed by atoms with E-state index in [0.717, 1.165) is 0 Å². The molecule has 0 radical (unpaired) electrons. The number of aryl methyl sites for hydroxylation is 1. The highest BCUT2D eigenvalue weighted by Gasteiger charge is 2.28. The minimum atomic E-state index is -0.679. The SMILES string of the molecule is CCOC(=O)c1csc([C@H](NC(=O)c2nc([C@@H](C)NC(=O)c3csc([C@@H](C)NC(=O)OC(C)(C)C)n3)oc2C)C(C)C)n1. The predicted molar refractivity (Wildman–Crippen MR) is 160 cm³/mol. The average Bonchev–Trinajstić information content (AvgIpc) is 3.65. The van der Waals surface area contributed by atoms with Crippen molar-refractivity contribution in [2.24, 2.45) is 5.92 Å². The van der Waals surface area contributed by atoms with Crippen LogP contribution in [-0.2, 0) is 9.47 Å². The Hall–Kier alpha value is -3.85. The molecular formula is C28H38N6O7S2. The molecule has 0 saturated heterocycles. The Morgan fingerprint density at radius 3 is 2.14 bits per heavy atom. The second-order valence-corrected chi connectivity index (χ2v) is 12.9. The minimum absolute atomic E-state index is 0.0416. The van der Waals surface area contributed by atoms with Crippen molar-refractivity contribution in [3.63, 3.8) is 0 Å². The van der Waals surface area contributed by atoms with Crippen LogP contribution >= 0.6 is 22.7 Å². The molecule has 0 aliphatic carbocycles. The normalized spacial score (nSPS) is 13.6. The first-order chi connectivity index (χ1) is 20.1. The lowest BCUT2D eigenvalue weighted by Gasteiger charge is -2.21. The van der Waals surface area contributed by atoms with E-state index in [0.29, 0.717) is 10.0 Å². The summed E-state index contributed by atoms with van der Waals surface area (Å²) in [6.45, 7) is 16.1. The Morgan fingerprint density at radius 1 is 0.884 bits per heavy atom. The van der Waals surface area contributed by atoms with Gasteiger partial charge >= 0.3 is 12.1 Å². The molecule has 0 aliphatic heterocycles. The highest BCUT2D eigenvalue weighted by Crippen LogP contribution is 2.27. The number of nitrogens with one attached hydrogen (secondary N) is 3. The van der Waals surface area contributed by atoms with E-state index >= 15 is 0 Å². The largest absolute Gasteiger partial charge is 0.461 e. The zero-order valence-electron chi connectivity index (χ0n) is 25.7. The van der Waals surface area contributed by atoms with Crippen LogP contribution in [-0.4, -0.2) is 51.0 Å². The van der Waals surface area contributed by atoms with Gasteiger partial charge in [0.1, 0.15) is 33.1 Å². The predicted octanol–water partition coefficient (Wildman–Crippen LogP) is 5.28. The van der Waals surface area contributed by atoms with Gasteiger partial charge in [0.2, 0.25) is 5.89 Å². The summed E-state index contributed by atoms with van der Waals surface area (Å²) in [7, 11) is 0. The van der Waals surface area contributed by atoms with Gasteiger partial charge in [-0.05, 0) is 54.4 Å². The lowest BCUT2D eigenvalue weighted by molar-refractivity contribution is 0.0501. The van der Waals surface area contributed by atoms with E-state index in [-0.39, 0.29) is 41.3 Å². The van der Waals surface area contributed by atoms with Crippen molar-refractivity contribution in [3.05, 3.63) is 49.5 Å². The first-order valence-corrected chi connectivity index (χ1v) is 15.5. The molecule has 0 aliphatic rings. The van der Waals surface area contributed by atoms with Crippen LogP contribution in [0.25, 0.3) is 0 Å². The molecule has 15 heteroatoms. The highest BCUT2D eigenvalue weighted by molar-refractivity contribution is 7.10. The second kappa shape index (κ2) is 14.1. The van der Waals surface area contributed by atoms with Gasteiger partial charge in [0.15, 0.2) is 11.4 Å². The number of alkyl carbamates (subject to hydrolysis) is 1. The molecule has 3 rings (SSSR count). The van der Waals surface area contributed by atoms with Gasteiger partial charge in [-0.2, -0.15) is 0 Å². The Balaban J connectivity index is 1.65. The number of oxazole rings is 1. The number of ether oxygens (including phenoxy) is 2. The van der Waals surface area contributed by atoms with Crippen LogP contribution in [0.3, 0.4) is 0 Å². The number of carbonyl (C=O) groups excluding carboxylic acids is 4. The molecule has 13 nitrogen and oxygen atoms in total. The van der Waals surface area contributed by atoms with E-state index in [1.54, 1.807) is 59.2 Å². The van der Waals surface area contributed by atoms with Crippen molar-refractivity contribution in [2.45, 2.75) is 86.0 Å². The molecule has 3 amide bonds. The number of nitrogens with zero attached hydrogens (tertiary/aromatic N) is 3. The molecule has 0 saturated carbocycles. The number of hydrogen-bond acceptors (Lipinski definition) is 12. The maximum atomic E-state index is 13.2. The van der Waals surface area contributed by atoms with Crippen molar-refractivity contribution in [1.29, 1.82) is 0 Å². The zero-order chi connectivity index (χ0) is 32.1. The summed E-state index contributed by atoms with van der Waals surface area (Å²) in [5.74, 6) is -1.09. The summed E-state index contributed by atoms with van der Waals surface area (Å²) in [6, 6.07) is -1.63. The van der Waals surface area contributed by atoms with Crippen molar-refractivity contribution >= 4 is 46.6 Å². The van der Waals surface area contributed by atoms with E-state index in [2.05, 4.69) is 30.9 Å². The van der Waals surface area contributed by atoms with Crippen LogP contribution in [0, 0.1) is 12.8 Å². The summed E-state index contributed by atoms with van der Waals surface area (Å²) in [4.78, 5) is 63.3. The fraction of sp³-hybridized carbons (Fsp3) is 0.536. The fourth-order valence-corrected chi connectivity index (χ4v) is 5.55. The molecular weight excluding hydrogens is 596 g/mol. The highest BCUT2D eigenvalue weighted by atomic mass is 32.1. The van der Waals surface area contributed by atoms with Gasteiger partial charge in [-0.25, -0.2) is 24.5 Å². The third kappa shape index (κ3) is 9.07. The Bertz CT molecular complexity index is 1460. The first kappa shape index (κ1) is 33.6. The van der Waals surface area contributed by atoms with Crippen LogP contribution < -0.4 is 16.0 Å². The van der Waals surface area contributed by atoms with E-state index in [4.69, 9.17) is 13.9 Å². The number of carbonyl (C=O) groups is 4. The van der Waals surface area contributed by atoms with Gasteiger partial charge in [0, 0.05) is 10.8 Å². The number of hydrogen-bond donors (Lipinski definition) is 3. The summed E-state index contributed by atoms with van der Waals surface area (Å²) in [6.07, 6.45) is -0.582. The van der Waals surface area contributed by atoms with Crippen LogP contribution in [0.5, 0.6) is 0 Å². The lowest BCUT2D eigenvalue weighted by atomic mass is 10.0. The Kier molecular flexibility index (Phi) is 11.0. The van der Waals surface area contributed by atoms with Crippen LogP contribution in [0.1, 0.15) is 127 Å². The van der Waals surface area contributed by atoms with Crippen molar-refractivity contribution in [2.75, 3.05) is 6.61 Å². The minimum Gasteiger partial charge on any atom is -0.461 e. The quantitative estimate of drug-likeness (QED) is 0.236. The van der Waals surface area contributed by atoms with E-state index < -0.39 is 47.6 Å². The van der Waals surface area contributed by atoms with Gasteiger partial charge in [-0.3, -0.25) is 9.59 Å². The molecule has 234 valence electrons. The molecule has 0 aromatic carbocycles. The molecule has 3 heterocycles. The monoisotopic (exact) mass is 634 g/mol. The zero-order valence-corrected chi connectivity index (χ0v) is 27.3. The number of esters is 1. The van der Waals surface area contributed by atoms with Crippen LogP contribution in [0.15, 0.2) is 15.2 Å². The lowest BCUT2D eigenvalue weighted by Crippen LogP contribution is -2.34.